The molecule has 1 aromatic rings. The minimum absolute atomic E-state index is 0.280. The molecular formula is C8H14N4OS. The lowest BCUT2D eigenvalue weighted by atomic mass is 9.96. The maximum absolute atomic E-state index is 11.6. The van der Waals surface area contributed by atoms with Gasteiger partial charge in [-0.1, -0.05) is 20.8 Å². The largest absolute Gasteiger partial charge is 0.335 e. The van der Waals surface area contributed by atoms with Crippen LogP contribution in [0.3, 0.4) is 0 Å². The van der Waals surface area contributed by atoms with E-state index in [9.17, 15) is 4.79 Å². The van der Waals surface area contributed by atoms with Crippen molar-refractivity contribution < 1.29 is 0 Å². The summed E-state index contributed by atoms with van der Waals surface area (Å²) in [6.45, 7) is 5.79. The van der Waals surface area contributed by atoms with E-state index in [2.05, 4.69) is 10.2 Å². The molecule has 0 aliphatic heterocycles. The van der Waals surface area contributed by atoms with E-state index in [1.807, 2.05) is 20.8 Å². The molecule has 5 nitrogen and oxygen atoms in total. The van der Waals surface area contributed by atoms with Crippen molar-refractivity contribution in [1.82, 2.24) is 14.9 Å². The highest BCUT2D eigenvalue weighted by molar-refractivity contribution is 7.98. The maximum atomic E-state index is 11.6. The Labute approximate surface area is 86.7 Å². The lowest BCUT2D eigenvalue weighted by Gasteiger charge is -2.19. The molecule has 6 heteroatoms. The number of rotatable bonds is 1. The fourth-order valence-electron chi connectivity index (χ4n) is 1.02. The van der Waals surface area contributed by atoms with Gasteiger partial charge in [-0.05, 0) is 6.26 Å². The summed E-state index contributed by atoms with van der Waals surface area (Å²) >= 11 is 1.24. The lowest BCUT2D eigenvalue weighted by molar-refractivity contribution is 0.491. The van der Waals surface area contributed by atoms with Gasteiger partial charge in [-0.3, -0.25) is 4.79 Å². The van der Waals surface area contributed by atoms with Crippen LogP contribution in [0, 0.1) is 0 Å². The third-order valence-corrected chi connectivity index (χ3v) is 2.37. The van der Waals surface area contributed by atoms with E-state index < -0.39 is 0 Å². The first-order valence-electron chi connectivity index (χ1n) is 4.17. The SMILES string of the molecule is CSc1nnc(C(C)(C)C)n(N)c1=O. The Kier molecular flexibility index (Phi) is 2.84. The van der Waals surface area contributed by atoms with Crippen molar-refractivity contribution in [3.8, 4) is 0 Å². The Hall–Kier alpha value is -1.04. The fourth-order valence-corrected chi connectivity index (χ4v) is 1.42. The van der Waals surface area contributed by atoms with Crippen LogP contribution in [0.4, 0.5) is 0 Å². The molecule has 0 spiro atoms. The van der Waals surface area contributed by atoms with Crippen molar-refractivity contribution in [2.24, 2.45) is 0 Å². The second-order valence-electron chi connectivity index (χ2n) is 3.96. The van der Waals surface area contributed by atoms with Crippen LogP contribution in [-0.2, 0) is 5.41 Å². The van der Waals surface area contributed by atoms with Gasteiger partial charge in [0.1, 0.15) is 0 Å². The van der Waals surface area contributed by atoms with Crippen LogP contribution in [0.2, 0.25) is 0 Å². The Morgan fingerprint density at radius 3 is 2.36 bits per heavy atom. The highest BCUT2D eigenvalue weighted by Crippen LogP contribution is 2.17. The van der Waals surface area contributed by atoms with Crippen LogP contribution in [-0.4, -0.2) is 21.1 Å². The van der Waals surface area contributed by atoms with Crippen LogP contribution in [0.1, 0.15) is 26.6 Å². The fraction of sp³-hybridized carbons (Fsp3) is 0.625. The Balaban J connectivity index is 3.40. The second kappa shape index (κ2) is 3.61. The summed E-state index contributed by atoms with van der Waals surface area (Å²) in [7, 11) is 0. The van der Waals surface area contributed by atoms with Gasteiger partial charge in [0.2, 0.25) is 0 Å². The summed E-state index contributed by atoms with van der Waals surface area (Å²) in [5.41, 5.74) is -0.574. The highest BCUT2D eigenvalue weighted by atomic mass is 32.2. The van der Waals surface area contributed by atoms with Gasteiger partial charge in [0.25, 0.3) is 0 Å². The van der Waals surface area contributed by atoms with E-state index in [-0.39, 0.29) is 11.0 Å². The highest BCUT2D eigenvalue weighted by Gasteiger charge is 2.21. The van der Waals surface area contributed by atoms with E-state index in [4.69, 9.17) is 5.84 Å². The zero-order valence-corrected chi connectivity index (χ0v) is 9.55. The molecule has 1 aromatic heterocycles. The summed E-state index contributed by atoms with van der Waals surface area (Å²) in [6.07, 6.45) is 1.77. The molecule has 0 saturated heterocycles. The topological polar surface area (TPSA) is 73.8 Å². The maximum Gasteiger partial charge on any atom is 0.304 e. The zero-order chi connectivity index (χ0) is 10.9. The third-order valence-electron chi connectivity index (χ3n) is 1.73. The summed E-state index contributed by atoms with van der Waals surface area (Å²) < 4.78 is 1.07. The Morgan fingerprint density at radius 1 is 1.36 bits per heavy atom. The van der Waals surface area contributed by atoms with Gasteiger partial charge in [0.05, 0.1) is 0 Å². The molecule has 0 fully saturated rings. The predicted octanol–water partition coefficient (Wildman–Crippen LogP) is 0.372. The molecule has 14 heavy (non-hydrogen) atoms. The van der Waals surface area contributed by atoms with Crippen molar-refractivity contribution in [2.45, 2.75) is 31.2 Å². The lowest BCUT2D eigenvalue weighted by Crippen LogP contribution is -2.38. The van der Waals surface area contributed by atoms with Gasteiger partial charge < -0.3 is 5.84 Å². The number of nitrogens with two attached hydrogens (primary N) is 1. The molecule has 0 amide bonds. The normalized spacial score (nSPS) is 11.7. The molecule has 78 valence electrons. The molecule has 0 aliphatic carbocycles. The Morgan fingerprint density at radius 2 is 1.93 bits per heavy atom. The van der Waals surface area contributed by atoms with E-state index in [0.717, 1.165) is 4.68 Å². The average molecular weight is 214 g/mol. The van der Waals surface area contributed by atoms with Crippen molar-refractivity contribution in [3.05, 3.63) is 16.2 Å². The minimum Gasteiger partial charge on any atom is -0.335 e. The number of thioether (sulfide) groups is 1. The van der Waals surface area contributed by atoms with E-state index in [1.165, 1.54) is 11.8 Å². The number of hydrogen-bond donors (Lipinski definition) is 1. The van der Waals surface area contributed by atoms with E-state index in [0.29, 0.717) is 10.9 Å². The molecule has 2 N–H and O–H groups in total. The first-order chi connectivity index (χ1) is 6.38. The molecule has 0 unspecified atom stereocenters. The summed E-state index contributed by atoms with van der Waals surface area (Å²) in [4.78, 5) is 11.6. The Bertz CT molecular complexity index is 393. The zero-order valence-electron chi connectivity index (χ0n) is 8.74. The molecule has 0 aliphatic rings. The van der Waals surface area contributed by atoms with Crippen molar-refractivity contribution in [2.75, 3.05) is 12.1 Å². The first-order valence-corrected chi connectivity index (χ1v) is 5.39. The number of hydrogen-bond acceptors (Lipinski definition) is 5. The predicted molar refractivity (Wildman–Crippen MR) is 56.9 cm³/mol. The van der Waals surface area contributed by atoms with Crippen molar-refractivity contribution >= 4 is 11.8 Å². The van der Waals surface area contributed by atoms with Crippen LogP contribution in [0.25, 0.3) is 0 Å². The standard InChI is InChI=1S/C8H14N4OS/c1-8(2,3)7-11-10-5(14-4)6(13)12(7)9/h9H2,1-4H3. The van der Waals surface area contributed by atoms with Crippen molar-refractivity contribution in [1.29, 1.82) is 0 Å². The molecule has 0 aromatic carbocycles. The molecule has 0 radical (unpaired) electrons. The monoisotopic (exact) mass is 214 g/mol. The molecule has 0 atom stereocenters. The molecule has 0 bridgehead atoms. The van der Waals surface area contributed by atoms with Crippen LogP contribution < -0.4 is 11.4 Å². The van der Waals surface area contributed by atoms with Gasteiger partial charge >= 0.3 is 5.56 Å². The van der Waals surface area contributed by atoms with E-state index >= 15 is 0 Å². The number of nitrogens with zero attached hydrogens (tertiary/aromatic N) is 3. The smallest absolute Gasteiger partial charge is 0.304 e. The van der Waals surface area contributed by atoms with E-state index in [1.54, 1.807) is 6.26 Å². The van der Waals surface area contributed by atoms with Gasteiger partial charge in [-0.25, -0.2) is 4.68 Å². The molecule has 1 rings (SSSR count). The number of aromatic nitrogens is 3. The second-order valence-corrected chi connectivity index (χ2v) is 4.75. The summed E-state index contributed by atoms with van der Waals surface area (Å²) in [5, 5.41) is 8.09. The van der Waals surface area contributed by atoms with Crippen LogP contribution >= 0.6 is 11.8 Å². The van der Waals surface area contributed by atoms with Gasteiger partial charge in [0, 0.05) is 5.41 Å². The average Bonchev–Trinajstić information content (AvgIpc) is 2.07. The van der Waals surface area contributed by atoms with Crippen molar-refractivity contribution in [3.63, 3.8) is 0 Å². The molecular weight excluding hydrogens is 200 g/mol. The molecule has 1 heterocycles. The quantitative estimate of drug-likeness (QED) is 0.540. The van der Waals surface area contributed by atoms with Crippen LogP contribution in [0.15, 0.2) is 9.82 Å². The summed E-state index contributed by atoms with van der Waals surface area (Å²) in [5.74, 6) is 6.12. The third kappa shape index (κ3) is 1.89. The molecule has 0 saturated carbocycles. The van der Waals surface area contributed by atoms with Crippen LogP contribution in [0.5, 0.6) is 0 Å². The van der Waals surface area contributed by atoms with Gasteiger partial charge in [-0.15, -0.1) is 22.0 Å². The minimum atomic E-state index is -0.294. The van der Waals surface area contributed by atoms with Gasteiger partial charge in [-0.2, -0.15) is 0 Å². The van der Waals surface area contributed by atoms with Gasteiger partial charge in [0.15, 0.2) is 10.9 Å². The summed E-state index contributed by atoms with van der Waals surface area (Å²) in [6, 6.07) is 0. The first kappa shape index (κ1) is 11.0. The number of nitrogen functional groups attached to an aromatic ring is 1.